The van der Waals surface area contributed by atoms with Crippen molar-refractivity contribution >= 4 is 34.4 Å². The summed E-state index contributed by atoms with van der Waals surface area (Å²) in [5, 5.41) is 8.43. The SMILES string of the molecule is CNC(=S)NN=Cc1cc2ccccc2[nH]1. The van der Waals surface area contributed by atoms with Crippen molar-refractivity contribution in [1.82, 2.24) is 15.7 Å². The molecule has 0 amide bonds. The highest BCUT2D eigenvalue weighted by molar-refractivity contribution is 7.80. The molecule has 0 bridgehead atoms. The van der Waals surface area contributed by atoms with Crippen LogP contribution in [0, 0.1) is 0 Å². The Kier molecular flexibility index (Phi) is 3.16. The van der Waals surface area contributed by atoms with Gasteiger partial charge in [-0.25, -0.2) is 0 Å². The molecule has 0 spiro atoms. The number of aromatic amines is 1. The molecule has 1 heterocycles. The predicted molar refractivity (Wildman–Crippen MR) is 70.7 cm³/mol. The van der Waals surface area contributed by atoms with E-state index in [9.17, 15) is 0 Å². The zero-order valence-corrected chi connectivity index (χ0v) is 9.64. The van der Waals surface area contributed by atoms with Crippen LogP contribution in [0.25, 0.3) is 10.9 Å². The molecule has 0 aliphatic heterocycles. The van der Waals surface area contributed by atoms with E-state index in [-0.39, 0.29) is 0 Å². The van der Waals surface area contributed by atoms with Crippen LogP contribution in [0.5, 0.6) is 0 Å². The van der Waals surface area contributed by atoms with Gasteiger partial charge in [0.25, 0.3) is 0 Å². The highest BCUT2D eigenvalue weighted by Gasteiger charge is 1.96. The minimum absolute atomic E-state index is 0.493. The van der Waals surface area contributed by atoms with Crippen LogP contribution in [0.15, 0.2) is 35.4 Å². The normalized spacial score (nSPS) is 10.8. The van der Waals surface area contributed by atoms with Crippen LogP contribution in [0.2, 0.25) is 0 Å². The molecule has 0 unspecified atom stereocenters. The molecule has 2 aromatic rings. The highest BCUT2D eigenvalue weighted by atomic mass is 32.1. The molecule has 0 fully saturated rings. The molecule has 0 aliphatic rings. The number of nitrogens with zero attached hydrogens (tertiary/aromatic N) is 1. The molecular weight excluding hydrogens is 220 g/mol. The zero-order valence-electron chi connectivity index (χ0n) is 8.82. The second-order valence-electron chi connectivity index (χ2n) is 3.26. The van der Waals surface area contributed by atoms with E-state index >= 15 is 0 Å². The van der Waals surface area contributed by atoms with Gasteiger partial charge in [-0.2, -0.15) is 5.10 Å². The Bertz CT molecular complexity index is 497. The number of nitrogens with one attached hydrogen (secondary N) is 3. The highest BCUT2D eigenvalue weighted by Crippen LogP contribution is 2.12. The van der Waals surface area contributed by atoms with Gasteiger partial charge in [0, 0.05) is 18.0 Å². The van der Waals surface area contributed by atoms with Crippen LogP contribution in [0.4, 0.5) is 0 Å². The lowest BCUT2D eigenvalue weighted by Gasteiger charge is -1.98. The summed E-state index contributed by atoms with van der Waals surface area (Å²) in [7, 11) is 1.74. The standard InChI is InChI=1S/C11H12N4S/c1-12-11(16)15-13-7-9-6-8-4-2-3-5-10(8)14-9/h2-7,14H,1H3,(H2,12,15,16). The fourth-order valence-electron chi connectivity index (χ4n) is 1.38. The number of hydrogen-bond donors (Lipinski definition) is 3. The van der Waals surface area contributed by atoms with Gasteiger partial charge < -0.3 is 10.3 Å². The van der Waals surface area contributed by atoms with Crippen LogP contribution >= 0.6 is 12.2 Å². The quantitative estimate of drug-likeness (QED) is 0.419. The summed E-state index contributed by atoms with van der Waals surface area (Å²) in [5.41, 5.74) is 4.73. The van der Waals surface area contributed by atoms with E-state index in [0.29, 0.717) is 5.11 Å². The molecule has 0 saturated heterocycles. The van der Waals surface area contributed by atoms with Crippen LogP contribution in [-0.2, 0) is 0 Å². The number of hydrazone groups is 1. The maximum atomic E-state index is 4.89. The average molecular weight is 232 g/mol. The van der Waals surface area contributed by atoms with Crippen molar-refractivity contribution in [1.29, 1.82) is 0 Å². The fraction of sp³-hybridized carbons (Fsp3) is 0.0909. The third kappa shape index (κ3) is 2.38. The lowest BCUT2D eigenvalue weighted by atomic mass is 10.2. The van der Waals surface area contributed by atoms with Gasteiger partial charge in [0.1, 0.15) is 0 Å². The zero-order chi connectivity index (χ0) is 11.4. The number of thiocarbonyl (C=S) groups is 1. The van der Waals surface area contributed by atoms with Crippen molar-refractivity contribution in [3.63, 3.8) is 0 Å². The van der Waals surface area contributed by atoms with Gasteiger partial charge in [-0.3, -0.25) is 5.43 Å². The van der Waals surface area contributed by atoms with E-state index in [4.69, 9.17) is 12.2 Å². The van der Waals surface area contributed by atoms with E-state index in [0.717, 1.165) is 11.2 Å². The first kappa shape index (κ1) is 10.6. The van der Waals surface area contributed by atoms with E-state index in [1.165, 1.54) is 5.39 Å². The number of aromatic nitrogens is 1. The Labute approximate surface area is 98.7 Å². The maximum Gasteiger partial charge on any atom is 0.186 e. The Morgan fingerprint density at radius 2 is 2.25 bits per heavy atom. The van der Waals surface area contributed by atoms with Gasteiger partial charge in [-0.05, 0) is 24.4 Å². The minimum atomic E-state index is 0.493. The van der Waals surface area contributed by atoms with E-state index in [2.05, 4.69) is 26.9 Å². The predicted octanol–water partition coefficient (Wildman–Crippen LogP) is 1.60. The van der Waals surface area contributed by atoms with Crippen molar-refractivity contribution in [3.8, 4) is 0 Å². The van der Waals surface area contributed by atoms with Crippen molar-refractivity contribution in [2.45, 2.75) is 0 Å². The number of benzene rings is 1. The smallest absolute Gasteiger partial charge is 0.186 e. The van der Waals surface area contributed by atoms with Crippen LogP contribution in [0.1, 0.15) is 5.69 Å². The molecule has 2 rings (SSSR count). The number of hydrogen-bond acceptors (Lipinski definition) is 2. The minimum Gasteiger partial charge on any atom is -0.364 e. The molecule has 82 valence electrons. The molecule has 16 heavy (non-hydrogen) atoms. The number of para-hydroxylation sites is 1. The molecule has 1 aromatic carbocycles. The number of rotatable bonds is 2. The number of fused-ring (bicyclic) bond motifs is 1. The monoisotopic (exact) mass is 232 g/mol. The summed E-state index contributed by atoms with van der Waals surface area (Å²) in [6, 6.07) is 10.1. The summed E-state index contributed by atoms with van der Waals surface area (Å²) in [4.78, 5) is 3.23. The van der Waals surface area contributed by atoms with Gasteiger partial charge in [0.15, 0.2) is 5.11 Å². The van der Waals surface area contributed by atoms with Crippen LogP contribution in [-0.4, -0.2) is 23.4 Å². The van der Waals surface area contributed by atoms with Gasteiger partial charge in [-0.1, -0.05) is 18.2 Å². The third-order valence-corrected chi connectivity index (χ3v) is 2.44. The lowest BCUT2D eigenvalue weighted by Crippen LogP contribution is -2.28. The molecule has 5 heteroatoms. The second kappa shape index (κ2) is 4.76. The molecule has 0 atom stereocenters. The third-order valence-electron chi connectivity index (χ3n) is 2.15. The molecule has 0 aliphatic carbocycles. The van der Waals surface area contributed by atoms with Crippen molar-refractivity contribution in [2.24, 2.45) is 5.10 Å². The maximum absolute atomic E-state index is 4.89. The van der Waals surface area contributed by atoms with E-state index in [1.807, 2.05) is 24.3 Å². The van der Waals surface area contributed by atoms with Gasteiger partial charge >= 0.3 is 0 Å². The Hall–Kier alpha value is -1.88. The average Bonchev–Trinajstić information content (AvgIpc) is 2.71. The summed E-state index contributed by atoms with van der Waals surface area (Å²) in [6.45, 7) is 0. The van der Waals surface area contributed by atoms with Gasteiger partial charge in [-0.15, -0.1) is 0 Å². The van der Waals surface area contributed by atoms with Gasteiger partial charge in [0.2, 0.25) is 0 Å². The molecule has 0 saturated carbocycles. The van der Waals surface area contributed by atoms with Crippen molar-refractivity contribution in [3.05, 3.63) is 36.0 Å². The van der Waals surface area contributed by atoms with Crippen molar-refractivity contribution in [2.75, 3.05) is 7.05 Å². The first-order valence-corrected chi connectivity index (χ1v) is 5.29. The summed E-state index contributed by atoms with van der Waals surface area (Å²) >= 11 is 4.89. The first-order chi connectivity index (χ1) is 7.79. The van der Waals surface area contributed by atoms with E-state index < -0.39 is 0 Å². The topological polar surface area (TPSA) is 52.2 Å². The second-order valence-corrected chi connectivity index (χ2v) is 3.67. The molecule has 4 nitrogen and oxygen atoms in total. The summed E-state index contributed by atoms with van der Waals surface area (Å²) in [5.74, 6) is 0. The van der Waals surface area contributed by atoms with Crippen molar-refractivity contribution < 1.29 is 0 Å². The molecule has 0 radical (unpaired) electrons. The Balaban J connectivity index is 2.12. The largest absolute Gasteiger partial charge is 0.364 e. The summed E-state index contributed by atoms with van der Waals surface area (Å²) < 4.78 is 0. The molecule has 1 aromatic heterocycles. The van der Waals surface area contributed by atoms with E-state index in [1.54, 1.807) is 13.3 Å². The van der Waals surface area contributed by atoms with Crippen LogP contribution in [0.3, 0.4) is 0 Å². The first-order valence-electron chi connectivity index (χ1n) is 4.88. The number of H-pyrrole nitrogens is 1. The molecular formula is C11H12N4S. The van der Waals surface area contributed by atoms with Gasteiger partial charge in [0.05, 0.1) is 11.9 Å². The summed E-state index contributed by atoms with van der Waals surface area (Å²) in [6.07, 6.45) is 1.70. The Morgan fingerprint density at radius 3 is 3.00 bits per heavy atom. The fourth-order valence-corrected chi connectivity index (χ4v) is 1.43. The van der Waals surface area contributed by atoms with Crippen LogP contribution < -0.4 is 10.7 Å². The molecule has 3 N–H and O–H groups in total. The lowest BCUT2D eigenvalue weighted by molar-refractivity contribution is 0.981. The Morgan fingerprint density at radius 1 is 1.44 bits per heavy atom.